The molecule has 1 fully saturated rings. The van der Waals surface area contributed by atoms with Gasteiger partial charge in [0.05, 0.1) is 25.4 Å². The van der Waals surface area contributed by atoms with Gasteiger partial charge in [-0.25, -0.2) is 0 Å². The second kappa shape index (κ2) is 45.7. The van der Waals surface area contributed by atoms with Crippen LogP contribution in [0.4, 0.5) is 0 Å². The van der Waals surface area contributed by atoms with E-state index in [9.17, 15) is 30.3 Å². The molecule has 1 rings (SSSR count). The van der Waals surface area contributed by atoms with Crippen LogP contribution in [0.3, 0.4) is 0 Å². The Morgan fingerprint density at radius 2 is 0.859 bits per heavy atom. The number of aliphatic hydroxyl groups excluding tert-OH is 5. The second-order valence-corrected chi connectivity index (χ2v) is 19.7. The van der Waals surface area contributed by atoms with Crippen molar-refractivity contribution in [1.82, 2.24) is 5.32 Å². The zero-order valence-corrected chi connectivity index (χ0v) is 42.1. The molecule has 9 heteroatoms. The maximum Gasteiger partial charge on any atom is 0.220 e. The molecule has 0 spiro atoms. The smallest absolute Gasteiger partial charge is 0.220 e. The van der Waals surface area contributed by atoms with Crippen molar-refractivity contribution >= 4 is 5.91 Å². The van der Waals surface area contributed by atoms with E-state index in [2.05, 4.69) is 19.2 Å². The van der Waals surface area contributed by atoms with Gasteiger partial charge >= 0.3 is 0 Å². The van der Waals surface area contributed by atoms with Crippen molar-refractivity contribution in [2.45, 2.75) is 320 Å². The van der Waals surface area contributed by atoms with Crippen LogP contribution >= 0.6 is 0 Å². The fourth-order valence-electron chi connectivity index (χ4n) is 9.16. The number of hydrogen-bond donors (Lipinski definition) is 6. The SMILES string of the molecule is CCCCCCCCCCCCCCCCCCCCC/C=C/C(O)C(COC1OC(CO)C(O)C(O)C1O)NC(=O)CCCCCCCCCCCCCCCCCCCCCC. The molecule has 0 saturated carbocycles. The van der Waals surface area contributed by atoms with Gasteiger partial charge in [-0.2, -0.15) is 0 Å². The first-order chi connectivity index (χ1) is 31.3. The average molecular weight is 910 g/mol. The lowest BCUT2D eigenvalue weighted by Crippen LogP contribution is -2.60. The van der Waals surface area contributed by atoms with E-state index in [0.29, 0.717) is 6.42 Å². The third-order valence-electron chi connectivity index (χ3n) is 13.6. The van der Waals surface area contributed by atoms with Gasteiger partial charge in [-0.3, -0.25) is 4.79 Å². The molecule has 1 aliphatic heterocycles. The molecule has 1 heterocycles. The first-order valence-corrected chi connectivity index (χ1v) is 27.9. The number of ether oxygens (including phenoxy) is 2. The number of carbonyl (C=O) groups is 1. The van der Waals surface area contributed by atoms with E-state index in [0.717, 1.165) is 38.5 Å². The van der Waals surface area contributed by atoms with Crippen LogP contribution in [0.2, 0.25) is 0 Å². The van der Waals surface area contributed by atoms with Crippen molar-refractivity contribution < 1.29 is 39.8 Å². The molecular weight excluding hydrogens is 803 g/mol. The molecule has 0 aliphatic carbocycles. The number of aliphatic hydroxyl groups is 5. The number of carbonyl (C=O) groups excluding carboxylic acids is 1. The standard InChI is InChI=1S/C55H107NO8/c1-3-5-7-9-11-13-15-17-19-21-23-25-26-28-30-32-34-36-38-40-42-44-49(58)48(47-63-55-54(62)53(61)52(60)50(46-57)64-55)56-51(59)45-43-41-39-37-35-33-31-29-27-24-22-20-18-16-14-12-10-8-6-4-2/h42,44,48-50,52-55,57-58,60-62H,3-41,43,45-47H2,1-2H3,(H,56,59)/b44-42+. The molecule has 1 amide bonds. The minimum atomic E-state index is -1.56. The van der Waals surface area contributed by atoms with E-state index in [4.69, 9.17) is 9.47 Å². The first kappa shape index (κ1) is 60.9. The zero-order chi connectivity index (χ0) is 46.6. The summed E-state index contributed by atoms with van der Waals surface area (Å²) in [6, 6.07) is -0.800. The van der Waals surface area contributed by atoms with Crippen molar-refractivity contribution in [1.29, 1.82) is 0 Å². The van der Waals surface area contributed by atoms with Crippen LogP contribution < -0.4 is 5.32 Å². The number of hydrogen-bond acceptors (Lipinski definition) is 8. The quantitative estimate of drug-likeness (QED) is 0.0261. The summed E-state index contributed by atoms with van der Waals surface area (Å²) in [5.41, 5.74) is 0. The minimum absolute atomic E-state index is 0.170. The Kier molecular flexibility index (Phi) is 43.5. The molecule has 1 saturated heterocycles. The number of nitrogens with one attached hydrogen (secondary N) is 1. The van der Waals surface area contributed by atoms with Gasteiger partial charge in [0.1, 0.15) is 24.4 Å². The Morgan fingerprint density at radius 3 is 1.22 bits per heavy atom. The highest BCUT2D eigenvalue weighted by Gasteiger charge is 2.44. The van der Waals surface area contributed by atoms with Crippen molar-refractivity contribution in [3.8, 4) is 0 Å². The van der Waals surface area contributed by atoms with Gasteiger partial charge in [0.15, 0.2) is 6.29 Å². The summed E-state index contributed by atoms with van der Waals surface area (Å²) in [7, 11) is 0. The predicted molar refractivity (Wildman–Crippen MR) is 267 cm³/mol. The van der Waals surface area contributed by atoms with E-state index >= 15 is 0 Å². The Labute approximate surface area is 395 Å². The molecule has 0 aromatic rings. The van der Waals surface area contributed by atoms with Crippen LogP contribution in [0.1, 0.15) is 277 Å². The normalized spacial score (nSPS) is 20.0. The van der Waals surface area contributed by atoms with Crippen LogP contribution in [0.5, 0.6) is 0 Å². The van der Waals surface area contributed by atoms with Crippen molar-refractivity contribution in [2.24, 2.45) is 0 Å². The molecule has 7 atom stereocenters. The van der Waals surface area contributed by atoms with Crippen LogP contribution in [0.25, 0.3) is 0 Å². The average Bonchev–Trinajstić information content (AvgIpc) is 3.29. The molecule has 0 aromatic heterocycles. The monoisotopic (exact) mass is 910 g/mol. The molecule has 7 unspecified atom stereocenters. The third-order valence-corrected chi connectivity index (χ3v) is 13.6. The van der Waals surface area contributed by atoms with Crippen LogP contribution in [0.15, 0.2) is 12.2 Å². The molecular formula is C55H107NO8. The topological polar surface area (TPSA) is 149 Å². The maximum atomic E-state index is 13.0. The summed E-state index contributed by atoms with van der Waals surface area (Å²) in [4.78, 5) is 13.0. The fraction of sp³-hybridized carbons (Fsp3) is 0.945. The molecule has 0 aromatic carbocycles. The van der Waals surface area contributed by atoms with Crippen LogP contribution in [-0.2, 0) is 14.3 Å². The summed E-state index contributed by atoms with van der Waals surface area (Å²) in [6.45, 7) is 3.82. The van der Waals surface area contributed by atoms with E-state index in [1.807, 2.05) is 6.08 Å². The zero-order valence-electron chi connectivity index (χ0n) is 42.1. The lowest BCUT2D eigenvalue weighted by molar-refractivity contribution is -0.302. The largest absolute Gasteiger partial charge is 0.394 e. The Hall–Kier alpha value is -1.07. The molecule has 64 heavy (non-hydrogen) atoms. The van der Waals surface area contributed by atoms with Gasteiger partial charge in [0.25, 0.3) is 0 Å². The van der Waals surface area contributed by atoms with Crippen molar-refractivity contribution in [3.63, 3.8) is 0 Å². The van der Waals surface area contributed by atoms with E-state index in [1.165, 1.54) is 218 Å². The number of allylic oxidation sites excluding steroid dienone is 1. The third kappa shape index (κ3) is 35.1. The molecule has 1 aliphatic rings. The highest BCUT2D eigenvalue weighted by molar-refractivity contribution is 5.76. The van der Waals surface area contributed by atoms with E-state index in [-0.39, 0.29) is 12.5 Å². The number of unbranched alkanes of at least 4 members (excludes halogenated alkanes) is 38. The van der Waals surface area contributed by atoms with Crippen molar-refractivity contribution in [3.05, 3.63) is 12.2 Å². The van der Waals surface area contributed by atoms with Crippen molar-refractivity contribution in [2.75, 3.05) is 13.2 Å². The summed E-state index contributed by atoms with van der Waals surface area (Å²) in [5, 5.41) is 54.5. The Bertz CT molecular complexity index is 1010. The van der Waals surface area contributed by atoms with Gasteiger partial charge < -0.3 is 40.3 Å². The molecule has 380 valence electrons. The maximum absolute atomic E-state index is 13.0. The van der Waals surface area contributed by atoms with Gasteiger partial charge in [-0.05, 0) is 19.3 Å². The van der Waals surface area contributed by atoms with Crippen LogP contribution in [0, 0.1) is 0 Å². The first-order valence-electron chi connectivity index (χ1n) is 27.9. The highest BCUT2D eigenvalue weighted by Crippen LogP contribution is 2.23. The van der Waals surface area contributed by atoms with Crippen LogP contribution in [-0.4, -0.2) is 87.5 Å². The van der Waals surface area contributed by atoms with Gasteiger partial charge in [-0.1, -0.05) is 264 Å². The van der Waals surface area contributed by atoms with Gasteiger partial charge in [0, 0.05) is 6.42 Å². The van der Waals surface area contributed by atoms with Gasteiger partial charge in [-0.15, -0.1) is 0 Å². The lowest BCUT2D eigenvalue weighted by atomic mass is 9.99. The molecule has 6 N–H and O–H groups in total. The van der Waals surface area contributed by atoms with E-state index in [1.54, 1.807) is 6.08 Å². The second-order valence-electron chi connectivity index (χ2n) is 19.7. The molecule has 9 nitrogen and oxygen atoms in total. The predicted octanol–water partition coefficient (Wildman–Crippen LogP) is 13.2. The summed E-state index contributed by atoms with van der Waals surface area (Å²) in [6.07, 6.45) is 48.4. The highest BCUT2D eigenvalue weighted by atomic mass is 16.7. The molecule has 0 bridgehead atoms. The minimum Gasteiger partial charge on any atom is -0.394 e. The molecule has 0 radical (unpaired) electrons. The Balaban J connectivity index is 2.24. The summed E-state index contributed by atoms with van der Waals surface area (Å²) >= 11 is 0. The number of rotatable bonds is 48. The lowest BCUT2D eigenvalue weighted by Gasteiger charge is -2.40. The van der Waals surface area contributed by atoms with E-state index < -0.39 is 49.5 Å². The fourth-order valence-corrected chi connectivity index (χ4v) is 9.16. The summed E-state index contributed by atoms with van der Waals surface area (Å²) in [5.74, 6) is -0.170. The number of amides is 1. The summed E-state index contributed by atoms with van der Waals surface area (Å²) < 4.78 is 11.3. The Morgan fingerprint density at radius 1 is 0.516 bits per heavy atom. The van der Waals surface area contributed by atoms with Gasteiger partial charge in [0.2, 0.25) is 5.91 Å².